The molecule has 184 valence electrons. The first kappa shape index (κ1) is 23.6. The van der Waals surface area contributed by atoms with Crippen LogP contribution in [0.25, 0.3) is 11.0 Å². The number of para-hydroxylation sites is 1. The summed E-state index contributed by atoms with van der Waals surface area (Å²) >= 11 is 0. The third-order valence-electron chi connectivity index (χ3n) is 6.32. The van der Waals surface area contributed by atoms with E-state index in [1.807, 2.05) is 61.5 Å². The van der Waals surface area contributed by atoms with Gasteiger partial charge in [-0.1, -0.05) is 54.6 Å². The van der Waals surface area contributed by atoms with E-state index in [1.54, 1.807) is 17.0 Å². The van der Waals surface area contributed by atoms with Crippen molar-refractivity contribution in [1.29, 1.82) is 0 Å². The van der Waals surface area contributed by atoms with Gasteiger partial charge in [0.2, 0.25) is 5.76 Å². The third kappa shape index (κ3) is 5.42. The fraction of sp³-hybridized carbons (Fsp3) is 0.241. The van der Waals surface area contributed by atoms with Gasteiger partial charge in [-0.05, 0) is 42.3 Å². The Kier molecular flexibility index (Phi) is 7.00. The van der Waals surface area contributed by atoms with E-state index < -0.39 is 0 Å². The van der Waals surface area contributed by atoms with Gasteiger partial charge in [0.25, 0.3) is 11.8 Å². The maximum absolute atomic E-state index is 13.5. The summed E-state index contributed by atoms with van der Waals surface area (Å²) in [5.41, 5.74) is 3.25. The lowest BCUT2D eigenvalue weighted by molar-refractivity contribution is -0.118. The number of piperazine rings is 1. The lowest BCUT2D eigenvalue weighted by Crippen LogP contribution is -2.48. The highest BCUT2D eigenvalue weighted by Gasteiger charge is 2.29. The van der Waals surface area contributed by atoms with Crippen LogP contribution in [0.3, 0.4) is 0 Å². The van der Waals surface area contributed by atoms with Crippen molar-refractivity contribution in [3.8, 4) is 5.75 Å². The third-order valence-corrected chi connectivity index (χ3v) is 6.32. The fourth-order valence-electron chi connectivity index (χ4n) is 4.44. The predicted octanol–water partition coefficient (Wildman–Crippen LogP) is 4.72. The highest BCUT2D eigenvalue weighted by Crippen LogP contribution is 2.32. The molecule has 0 saturated carbocycles. The number of benzene rings is 3. The number of fused-ring (bicyclic) bond motifs is 1. The minimum Gasteiger partial charge on any atom is -0.484 e. The standard InChI is InChI=1S/C29H29N3O4/c1-21-8-7-11-23(18-21)35-20-26(33)30-27-24-12-5-6-13-25(24)36-28(27)29(34)32-16-14-31(15-17-32)19-22-9-3-2-4-10-22/h2-13,18H,14-17,19-20H2,1H3,(H,30,33). The normalized spacial score (nSPS) is 14.1. The van der Waals surface area contributed by atoms with E-state index in [2.05, 4.69) is 22.3 Å². The van der Waals surface area contributed by atoms with Gasteiger partial charge in [0, 0.05) is 38.1 Å². The molecule has 0 atom stereocenters. The summed E-state index contributed by atoms with van der Waals surface area (Å²) in [5, 5.41) is 3.55. The van der Waals surface area contributed by atoms with Crippen molar-refractivity contribution in [3.05, 3.63) is 95.7 Å². The summed E-state index contributed by atoms with van der Waals surface area (Å²) in [6.07, 6.45) is 0. The zero-order valence-corrected chi connectivity index (χ0v) is 20.3. The highest BCUT2D eigenvalue weighted by atomic mass is 16.5. The second-order valence-electron chi connectivity index (χ2n) is 9.01. The van der Waals surface area contributed by atoms with Crippen molar-refractivity contribution in [2.45, 2.75) is 13.5 Å². The number of anilines is 1. The molecule has 0 aliphatic carbocycles. The van der Waals surface area contributed by atoms with Crippen molar-refractivity contribution in [3.63, 3.8) is 0 Å². The Hall–Kier alpha value is -4.10. The predicted molar refractivity (Wildman–Crippen MR) is 139 cm³/mol. The van der Waals surface area contributed by atoms with Gasteiger partial charge in [0.15, 0.2) is 6.61 Å². The van der Waals surface area contributed by atoms with Crippen molar-refractivity contribution >= 4 is 28.5 Å². The van der Waals surface area contributed by atoms with Gasteiger partial charge >= 0.3 is 0 Å². The first-order valence-electron chi connectivity index (χ1n) is 12.1. The summed E-state index contributed by atoms with van der Waals surface area (Å²) in [6, 6.07) is 25.2. The average molecular weight is 484 g/mol. The van der Waals surface area contributed by atoms with Gasteiger partial charge in [-0.3, -0.25) is 14.5 Å². The van der Waals surface area contributed by atoms with Crippen LogP contribution in [0.4, 0.5) is 5.69 Å². The van der Waals surface area contributed by atoms with Crippen LogP contribution in [0.15, 0.2) is 83.3 Å². The fourth-order valence-corrected chi connectivity index (χ4v) is 4.44. The van der Waals surface area contributed by atoms with Crippen LogP contribution < -0.4 is 10.1 Å². The summed E-state index contributed by atoms with van der Waals surface area (Å²) in [4.78, 5) is 30.4. The molecule has 1 fully saturated rings. The van der Waals surface area contributed by atoms with Gasteiger partial charge in [0.05, 0.1) is 0 Å². The maximum Gasteiger partial charge on any atom is 0.291 e. The summed E-state index contributed by atoms with van der Waals surface area (Å²) in [5.74, 6) is 0.189. The van der Waals surface area contributed by atoms with Crippen LogP contribution >= 0.6 is 0 Å². The van der Waals surface area contributed by atoms with Crippen molar-refractivity contribution in [1.82, 2.24) is 9.80 Å². The van der Waals surface area contributed by atoms with Gasteiger partial charge in [0.1, 0.15) is 17.0 Å². The van der Waals surface area contributed by atoms with E-state index in [1.165, 1.54) is 5.56 Å². The van der Waals surface area contributed by atoms with Gasteiger partial charge in [-0.25, -0.2) is 0 Å². The monoisotopic (exact) mass is 483 g/mol. The number of carbonyl (C=O) groups is 2. The second-order valence-corrected chi connectivity index (χ2v) is 9.01. The molecule has 1 aliphatic rings. The Labute approximate surface area is 210 Å². The van der Waals surface area contributed by atoms with Crippen LogP contribution in [0.2, 0.25) is 0 Å². The van der Waals surface area contributed by atoms with Crippen LogP contribution in [-0.2, 0) is 11.3 Å². The molecular weight excluding hydrogens is 454 g/mol. The number of ether oxygens (including phenoxy) is 1. The van der Waals surface area contributed by atoms with E-state index in [0.717, 1.165) is 25.2 Å². The molecule has 2 heterocycles. The second kappa shape index (κ2) is 10.7. The largest absolute Gasteiger partial charge is 0.484 e. The minimum absolute atomic E-state index is 0.150. The molecule has 2 amide bonds. The van der Waals surface area contributed by atoms with Gasteiger partial charge in [-0.15, -0.1) is 0 Å². The Balaban J connectivity index is 1.27. The molecule has 0 unspecified atom stereocenters. The van der Waals surface area contributed by atoms with Crippen LogP contribution in [-0.4, -0.2) is 54.4 Å². The lowest BCUT2D eigenvalue weighted by atomic mass is 10.2. The number of nitrogens with one attached hydrogen (secondary N) is 1. The first-order valence-corrected chi connectivity index (χ1v) is 12.1. The Morgan fingerprint density at radius 2 is 1.67 bits per heavy atom. The van der Waals surface area contributed by atoms with Crippen molar-refractivity contribution < 1.29 is 18.7 Å². The lowest BCUT2D eigenvalue weighted by Gasteiger charge is -2.34. The van der Waals surface area contributed by atoms with Crippen LogP contribution in [0.5, 0.6) is 5.75 Å². The van der Waals surface area contributed by atoms with Crippen molar-refractivity contribution in [2.24, 2.45) is 0 Å². The number of hydrogen-bond acceptors (Lipinski definition) is 5. The molecule has 0 radical (unpaired) electrons. The zero-order chi connectivity index (χ0) is 24.9. The molecule has 3 aromatic carbocycles. The van der Waals surface area contributed by atoms with E-state index >= 15 is 0 Å². The molecule has 4 aromatic rings. The summed E-state index contributed by atoms with van der Waals surface area (Å²) in [7, 11) is 0. The molecule has 0 spiro atoms. The Morgan fingerprint density at radius 3 is 2.44 bits per heavy atom. The molecule has 1 aromatic heterocycles. The van der Waals surface area contributed by atoms with Crippen LogP contribution in [0, 0.1) is 6.92 Å². The molecule has 36 heavy (non-hydrogen) atoms. The van der Waals surface area contributed by atoms with E-state index in [-0.39, 0.29) is 24.2 Å². The summed E-state index contributed by atoms with van der Waals surface area (Å²) < 4.78 is 11.6. The molecular formula is C29H29N3O4. The number of rotatable bonds is 7. The number of furan rings is 1. The number of nitrogens with zero attached hydrogens (tertiary/aromatic N) is 2. The molecule has 1 aliphatic heterocycles. The Morgan fingerprint density at radius 1 is 0.917 bits per heavy atom. The van der Waals surface area contributed by atoms with Crippen molar-refractivity contribution in [2.75, 3.05) is 38.1 Å². The van der Waals surface area contributed by atoms with Crippen LogP contribution in [0.1, 0.15) is 21.7 Å². The average Bonchev–Trinajstić information content (AvgIpc) is 3.26. The van der Waals surface area contributed by atoms with E-state index in [4.69, 9.17) is 9.15 Å². The summed E-state index contributed by atoms with van der Waals surface area (Å²) in [6.45, 7) is 5.37. The number of hydrogen-bond donors (Lipinski definition) is 1. The van der Waals surface area contributed by atoms with Gasteiger partial charge in [-0.2, -0.15) is 0 Å². The molecule has 1 saturated heterocycles. The smallest absolute Gasteiger partial charge is 0.291 e. The van der Waals surface area contributed by atoms with Gasteiger partial charge < -0.3 is 19.4 Å². The topological polar surface area (TPSA) is 75.0 Å². The Bertz CT molecular complexity index is 1360. The SMILES string of the molecule is Cc1cccc(OCC(=O)Nc2c(C(=O)N3CCN(Cc4ccccc4)CC3)oc3ccccc23)c1. The number of amides is 2. The quantitative estimate of drug-likeness (QED) is 0.412. The highest BCUT2D eigenvalue weighted by molar-refractivity contribution is 6.11. The van der Waals surface area contributed by atoms with E-state index in [0.29, 0.717) is 35.5 Å². The van der Waals surface area contributed by atoms with E-state index in [9.17, 15) is 9.59 Å². The molecule has 5 rings (SSSR count). The maximum atomic E-state index is 13.5. The molecule has 0 bridgehead atoms. The molecule has 7 heteroatoms. The first-order chi connectivity index (χ1) is 17.6. The zero-order valence-electron chi connectivity index (χ0n) is 20.3. The number of carbonyl (C=O) groups excluding carboxylic acids is 2. The number of aryl methyl sites for hydroxylation is 1. The minimum atomic E-state index is -0.357. The molecule has 1 N–H and O–H groups in total. The molecule has 7 nitrogen and oxygen atoms in total.